The largest absolute Gasteiger partial charge is 0.491 e. The average molecular weight is 325 g/mol. The van der Waals surface area contributed by atoms with Gasteiger partial charge in [-0.1, -0.05) is 0 Å². The van der Waals surface area contributed by atoms with Crippen LogP contribution in [0.1, 0.15) is 5.56 Å². The van der Waals surface area contributed by atoms with E-state index < -0.39 is 0 Å². The third kappa shape index (κ3) is 3.25. The fourth-order valence-electron chi connectivity index (χ4n) is 2.79. The molecule has 0 atom stereocenters. The van der Waals surface area contributed by atoms with Gasteiger partial charge in [-0.3, -0.25) is 10.1 Å². The third-order valence-electron chi connectivity index (χ3n) is 4.01. The van der Waals surface area contributed by atoms with Gasteiger partial charge in [-0.05, 0) is 36.2 Å². The summed E-state index contributed by atoms with van der Waals surface area (Å²) < 4.78 is 16.9. The van der Waals surface area contributed by atoms with Crippen LogP contribution in [0.15, 0.2) is 36.7 Å². The normalized spacial score (nSPS) is 16.2. The van der Waals surface area contributed by atoms with Gasteiger partial charge in [-0.15, -0.1) is 0 Å². The lowest BCUT2D eigenvalue weighted by Crippen LogP contribution is -2.11. The van der Waals surface area contributed by atoms with Crippen molar-refractivity contribution in [1.29, 1.82) is 0 Å². The molecule has 2 aromatic heterocycles. The van der Waals surface area contributed by atoms with Crippen molar-refractivity contribution in [2.24, 2.45) is 0 Å². The van der Waals surface area contributed by atoms with Crippen LogP contribution in [0.25, 0.3) is 22.2 Å². The molecular formula is C18H19N3O3. The Labute approximate surface area is 139 Å². The zero-order valence-corrected chi connectivity index (χ0v) is 13.3. The average Bonchev–Trinajstić information content (AvgIpc) is 3.03. The Morgan fingerprint density at radius 1 is 0.917 bits per heavy atom. The molecule has 0 fully saturated rings. The number of H-pyrrole nitrogens is 1. The molecule has 4 rings (SSSR count). The summed E-state index contributed by atoms with van der Waals surface area (Å²) >= 11 is 0. The summed E-state index contributed by atoms with van der Waals surface area (Å²) in [4.78, 5) is 4.35. The van der Waals surface area contributed by atoms with E-state index in [9.17, 15) is 0 Å². The van der Waals surface area contributed by atoms with Crippen LogP contribution in [-0.4, -0.2) is 48.2 Å². The second kappa shape index (κ2) is 6.98. The molecule has 0 radical (unpaired) electrons. The Morgan fingerprint density at radius 2 is 1.79 bits per heavy atom. The second-order valence-electron chi connectivity index (χ2n) is 5.68. The Morgan fingerprint density at radius 3 is 2.75 bits per heavy atom. The van der Waals surface area contributed by atoms with Gasteiger partial charge in [0.2, 0.25) is 0 Å². The van der Waals surface area contributed by atoms with Gasteiger partial charge in [-0.2, -0.15) is 5.10 Å². The molecule has 0 saturated heterocycles. The minimum absolute atomic E-state index is 0.510. The van der Waals surface area contributed by atoms with Gasteiger partial charge in [0, 0.05) is 23.3 Å². The summed E-state index contributed by atoms with van der Waals surface area (Å²) in [6.07, 6.45) is 4.53. The van der Waals surface area contributed by atoms with Crippen LogP contribution in [0, 0.1) is 0 Å². The summed E-state index contributed by atoms with van der Waals surface area (Å²) in [5.41, 5.74) is 3.98. The number of fused-ring (bicyclic) bond motifs is 4. The van der Waals surface area contributed by atoms with E-state index in [1.165, 1.54) is 0 Å². The summed E-state index contributed by atoms with van der Waals surface area (Å²) in [5.74, 6) is 0.807. The monoisotopic (exact) mass is 325 g/mol. The van der Waals surface area contributed by atoms with Crippen LogP contribution < -0.4 is 4.74 Å². The first-order chi connectivity index (χ1) is 11.9. The van der Waals surface area contributed by atoms with Crippen molar-refractivity contribution in [3.63, 3.8) is 0 Å². The van der Waals surface area contributed by atoms with E-state index in [-0.39, 0.29) is 0 Å². The summed E-state index contributed by atoms with van der Waals surface area (Å²) in [7, 11) is 0. The van der Waals surface area contributed by atoms with E-state index in [4.69, 9.17) is 14.2 Å². The number of hydrogen-bond acceptors (Lipinski definition) is 5. The molecule has 3 heterocycles. The van der Waals surface area contributed by atoms with Crippen LogP contribution in [0.5, 0.6) is 5.75 Å². The number of nitrogens with one attached hydrogen (secondary N) is 1. The molecule has 4 bridgehead atoms. The van der Waals surface area contributed by atoms with Crippen molar-refractivity contribution in [3.05, 3.63) is 42.2 Å². The van der Waals surface area contributed by atoms with Crippen molar-refractivity contribution in [2.75, 3.05) is 33.0 Å². The first-order valence-corrected chi connectivity index (χ1v) is 8.11. The molecule has 0 aliphatic carbocycles. The molecule has 3 aromatic rings. The molecule has 6 heteroatoms. The lowest BCUT2D eigenvalue weighted by molar-refractivity contribution is 0.0373. The molecule has 24 heavy (non-hydrogen) atoms. The zero-order chi connectivity index (χ0) is 16.2. The molecule has 0 unspecified atom stereocenters. The van der Waals surface area contributed by atoms with Crippen LogP contribution in [0.4, 0.5) is 0 Å². The van der Waals surface area contributed by atoms with Gasteiger partial charge in [0.1, 0.15) is 18.1 Å². The maximum absolute atomic E-state index is 5.77. The number of pyridine rings is 1. The van der Waals surface area contributed by atoms with Crippen LogP contribution in [0.2, 0.25) is 0 Å². The third-order valence-corrected chi connectivity index (χ3v) is 4.01. The van der Waals surface area contributed by atoms with Gasteiger partial charge in [-0.25, -0.2) is 0 Å². The van der Waals surface area contributed by atoms with Gasteiger partial charge in [0.05, 0.1) is 31.9 Å². The van der Waals surface area contributed by atoms with E-state index >= 15 is 0 Å². The lowest BCUT2D eigenvalue weighted by atomic mass is 10.1. The SMILES string of the molecule is c1ncc2cc1CCOCCOCCOc1ccc3[nH]nc-2c3c1. The molecule has 1 N–H and O–H groups in total. The minimum atomic E-state index is 0.510. The Kier molecular flexibility index (Phi) is 4.40. The van der Waals surface area contributed by atoms with E-state index in [1.807, 2.05) is 30.6 Å². The molecule has 6 nitrogen and oxygen atoms in total. The Balaban J connectivity index is 1.73. The number of ether oxygens (including phenoxy) is 3. The number of hydrogen-bond donors (Lipinski definition) is 1. The van der Waals surface area contributed by atoms with Crippen molar-refractivity contribution < 1.29 is 14.2 Å². The molecule has 0 amide bonds. The van der Waals surface area contributed by atoms with E-state index in [2.05, 4.69) is 21.2 Å². The van der Waals surface area contributed by atoms with E-state index in [1.54, 1.807) is 0 Å². The quantitative estimate of drug-likeness (QED) is 0.688. The highest BCUT2D eigenvalue weighted by Crippen LogP contribution is 2.29. The fraction of sp³-hybridized carbons (Fsp3) is 0.333. The predicted molar refractivity (Wildman–Crippen MR) is 90.2 cm³/mol. The molecule has 1 aliphatic rings. The van der Waals surface area contributed by atoms with Gasteiger partial charge in [0.15, 0.2) is 0 Å². The van der Waals surface area contributed by atoms with Crippen molar-refractivity contribution in [2.45, 2.75) is 6.42 Å². The number of benzene rings is 1. The maximum atomic E-state index is 5.77. The standard InChI is InChI=1S/C18H19N3O3/c1-2-17-16-10-15(1)24-8-7-23-6-5-22-4-3-13-9-14(12-19-11-13)18(16)21-20-17/h1-2,9-12H,3-8H2,(H,20,21). The molecule has 0 saturated carbocycles. The number of nitrogens with zero attached hydrogens (tertiary/aromatic N) is 2. The maximum Gasteiger partial charge on any atom is 0.120 e. The molecule has 0 spiro atoms. The van der Waals surface area contributed by atoms with E-state index in [0.29, 0.717) is 33.0 Å². The topological polar surface area (TPSA) is 69.3 Å². The number of aromatic nitrogens is 3. The number of aromatic amines is 1. The Hall–Kier alpha value is -2.44. The molecule has 124 valence electrons. The van der Waals surface area contributed by atoms with Gasteiger partial charge >= 0.3 is 0 Å². The summed E-state index contributed by atoms with van der Waals surface area (Å²) in [5, 5.41) is 8.55. The highest BCUT2D eigenvalue weighted by molar-refractivity contribution is 5.93. The van der Waals surface area contributed by atoms with Gasteiger partial charge < -0.3 is 14.2 Å². The first kappa shape index (κ1) is 15.1. The molecule has 1 aliphatic heterocycles. The zero-order valence-electron chi connectivity index (χ0n) is 13.3. The van der Waals surface area contributed by atoms with Crippen LogP contribution in [-0.2, 0) is 15.9 Å². The first-order valence-electron chi connectivity index (χ1n) is 8.11. The molecular weight excluding hydrogens is 306 g/mol. The highest BCUT2D eigenvalue weighted by atomic mass is 16.5. The summed E-state index contributed by atoms with van der Waals surface area (Å²) in [6.45, 7) is 2.87. The molecule has 1 aromatic carbocycles. The lowest BCUT2D eigenvalue weighted by Gasteiger charge is -2.09. The van der Waals surface area contributed by atoms with Crippen molar-refractivity contribution in [1.82, 2.24) is 15.2 Å². The smallest absolute Gasteiger partial charge is 0.120 e. The predicted octanol–water partition coefficient (Wildman–Crippen LogP) is 2.59. The van der Waals surface area contributed by atoms with E-state index in [0.717, 1.165) is 39.9 Å². The number of rotatable bonds is 0. The summed E-state index contributed by atoms with van der Waals surface area (Å²) in [6, 6.07) is 8.04. The second-order valence-corrected chi connectivity index (χ2v) is 5.68. The van der Waals surface area contributed by atoms with Crippen LogP contribution in [0.3, 0.4) is 0 Å². The fourth-order valence-corrected chi connectivity index (χ4v) is 2.79. The van der Waals surface area contributed by atoms with Crippen LogP contribution >= 0.6 is 0 Å². The van der Waals surface area contributed by atoms with Crippen molar-refractivity contribution in [3.8, 4) is 17.0 Å². The Bertz CT molecular complexity index is 831. The minimum Gasteiger partial charge on any atom is -0.491 e. The van der Waals surface area contributed by atoms with Gasteiger partial charge in [0.25, 0.3) is 0 Å². The highest BCUT2D eigenvalue weighted by Gasteiger charge is 2.11. The van der Waals surface area contributed by atoms with Crippen molar-refractivity contribution >= 4 is 10.9 Å².